The summed E-state index contributed by atoms with van der Waals surface area (Å²) in [5.74, 6) is 0.983. The molecule has 5 heteroatoms. The molecule has 0 spiro atoms. The van der Waals surface area contributed by atoms with Gasteiger partial charge in [-0.3, -0.25) is 0 Å². The van der Waals surface area contributed by atoms with Gasteiger partial charge in [0.05, 0.1) is 5.69 Å². The fourth-order valence-electron chi connectivity index (χ4n) is 2.42. The normalized spacial score (nSPS) is 17.2. The summed E-state index contributed by atoms with van der Waals surface area (Å²) in [4.78, 5) is 4.76. The van der Waals surface area contributed by atoms with Gasteiger partial charge in [0.25, 0.3) is 0 Å². The molecule has 100 valence electrons. The molecule has 1 aliphatic heterocycles. The van der Waals surface area contributed by atoms with E-state index in [1.54, 1.807) is 0 Å². The summed E-state index contributed by atoms with van der Waals surface area (Å²) in [7, 11) is 0. The third-order valence-electron chi connectivity index (χ3n) is 3.88. The highest BCUT2D eigenvalue weighted by Crippen LogP contribution is 2.22. The number of anilines is 1. The lowest BCUT2D eigenvalue weighted by atomic mass is 10.1. The standard InChI is InChI=1S/C13H23N5/c1-4-17-5-7-18(8-6-17)13-12(9-14)10(2)11(3)15-16-13/h4-9,14H2,1-3H3. The van der Waals surface area contributed by atoms with Gasteiger partial charge in [-0.05, 0) is 26.0 Å². The van der Waals surface area contributed by atoms with E-state index in [0.717, 1.165) is 49.8 Å². The van der Waals surface area contributed by atoms with Crippen LogP contribution in [0.4, 0.5) is 5.82 Å². The number of nitrogens with zero attached hydrogens (tertiary/aromatic N) is 4. The summed E-state index contributed by atoms with van der Waals surface area (Å²) in [6, 6.07) is 0. The van der Waals surface area contributed by atoms with Crippen molar-refractivity contribution in [3.63, 3.8) is 0 Å². The third kappa shape index (κ3) is 2.47. The first-order valence-corrected chi connectivity index (χ1v) is 6.67. The molecule has 0 radical (unpaired) electrons. The topological polar surface area (TPSA) is 58.3 Å². The van der Waals surface area contributed by atoms with Gasteiger partial charge in [-0.1, -0.05) is 6.92 Å². The number of piperazine rings is 1. The van der Waals surface area contributed by atoms with Gasteiger partial charge in [-0.25, -0.2) is 0 Å². The lowest BCUT2D eigenvalue weighted by Crippen LogP contribution is -2.47. The Bertz CT molecular complexity index is 410. The van der Waals surface area contributed by atoms with E-state index in [1.165, 1.54) is 5.56 Å². The monoisotopic (exact) mass is 249 g/mol. The summed E-state index contributed by atoms with van der Waals surface area (Å²) in [6.07, 6.45) is 0. The van der Waals surface area contributed by atoms with Crippen LogP contribution < -0.4 is 10.6 Å². The zero-order valence-electron chi connectivity index (χ0n) is 11.6. The molecule has 2 heterocycles. The summed E-state index contributed by atoms with van der Waals surface area (Å²) in [5.41, 5.74) is 9.18. The van der Waals surface area contributed by atoms with E-state index in [4.69, 9.17) is 5.73 Å². The highest BCUT2D eigenvalue weighted by molar-refractivity contribution is 5.51. The molecule has 0 unspecified atom stereocenters. The molecule has 18 heavy (non-hydrogen) atoms. The number of likely N-dealkylation sites (N-methyl/N-ethyl adjacent to an activating group) is 1. The molecule has 0 saturated carbocycles. The molecule has 0 bridgehead atoms. The van der Waals surface area contributed by atoms with Crippen LogP contribution in [0, 0.1) is 13.8 Å². The SMILES string of the molecule is CCN1CCN(c2nnc(C)c(C)c2CN)CC1. The molecule has 0 aromatic carbocycles. The van der Waals surface area contributed by atoms with Gasteiger partial charge in [0.2, 0.25) is 0 Å². The smallest absolute Gasteiger partial charge is 0.156 e. The molecule has 1 aromatic rings. The van der Waals surface area contributed by atoms with Gasteiger partial charge < -0.3 is 15.5 Å². The summed E-state index contributed by atoms with van der Waals surface area (Å²) in [6.45, 7) is 12.1. The molecular weight excluding hydrogens is 226 g/mol. The predicted octanol–water partition coefficient (Wildman–Crippen LogP) is 0.694. The molecule has 1 aliphatic rings. The van der Waals surface area contributed by atoms with Crippen molar-refractivity contribution in [1.29, 1.82) is 0 Å². The first-order chi connectivity index (χ1) is 8.67. The maximum atomic E-state index is 5.88. The van der Waals surface area contributed by atoms with Crippen molar-refractivity contribution in [2.45, 2.75) is 27.3 Å². The maximum Gasteiger partial charge on any atom is 0.156 e. The van der Waals surface area contributed by atoms with Crippen LogP contribution in [-0.2, 0) is 6.54 Å². The number of aryl methyl sites for hydroxylation is 1. The Kier molecular flexibility index (Phi) is 4.14. The second kappa shape index (κ2) is 5.63. The van der Waals surface area contributed by atoms with Crippen molar-refractivity contribution in [2.24, 2.45) is 5.73 Å². The van der Waals surface area contributed by atoms with Crippen LogP contribution >= 0.6 is 0 Å². The van der Waals surface area contributed by atoms with Crippen LogP contribution in [0.3, 0.4) is 0 Å². The van der Waals surface area contributed by atoms with E-state index in [0.29, 0.717) is 6.54 Å². The van der Waals surface area contributed by atoms with E-state index in [9.17, 15) is 0 Å². The zero-order valence-corrected chi connectivity index (χ0v) is 11.6. The Hall–Kier alpha value is -1.20. The molecule has 2 rings (SSSR count). The largest absolute Gasteiger partial charge is 0.352 e. The highest BCUT2D eigenvalue weighted by Gasteiger charge is 2.20. The first-order valence-electron chi connectivity index (χ1n) is 6.67. The number of aromatic nitrogens is 2. The van der Waals surface area contributed by atoms with Crippen LogP contribution in [-0.4, -0.2) is 47.8 Å². The van der Waals surface area contributed by atoms with E-state index in [1.807, 2.05) is 6.92 Å². The minimum atomic E-state index is 0.533. The van der Waals surface area contributed by atoms with Crippen LogP contribution in [0.1, 0.15) is 23.7 Å². The fraction of sp³-hybridized carbons (Fsp3) is 0.692. The molecule has 5 nitrogen and oxygen atoms in total. The van der Waals surface area contributed by atoms with Gasteiger partial charge in [-0.15, -0.1) is 5.10 Å². The fourth-order valence-corrected chi connectivity index (χ4v) is 2.42. The Balaban J connectivity index is 2.21. The lowest BCUT2D eigenvalue weighted by Gasteiger charge is -2.35. The Labute approximate surface area is 109 Å². The van der Waals surface area contributed by atoms with Gasteiger partial charge in [0.1, 0.15) is 0 Å². The van der Waals surface area contributed by atoms with E-state index < -0.39 is 0 Å². The predicted molar refractivity (Wildman–Crippen MR) is 73.7 cm³/mol. The molecule has 0 atom stereocenters. The van der Waals surface area contributed by atoms with Gasteiger partial charge in [0.15, 0.2) is 5.82 Å². The third-order valence-corrected chi connectivity index (χ3v) is 3.88. The van der Waals surface area contributed by atoms with Gasteiger partial charge >= 0.3 is 0 Å². The Morgan fingerprint density at radius 2 is 1.78 bits per heavy atom. The van der Waals surface area contributed by atoms with Crippen molar-refractivity contribution < 1.29 is 0 Å². The quantitative estimate of drug-likeness (QED) is 0.854. The molecule has 1 fully saturated rings. The first kappa shape index (κ1) is 13.2. The minimum Gasteiger partial charge on any atom is -0.352 e. The molecule has 2 N–H and O–H groups in total. The van der Waals surface area contributed by atoms with Crippen LogP contribution in [0.5, 0.6) is 0 Å². The molecule has 0 aliphatic carbocycles. The van der Waals surface area contributed by atoms with Crippen molar-refractivity contribution >= 4 is 5.82 Å². The summed E-state index contributed by atoms with van der Waals surface area (Å²) < 4.78 is 0. The number of hydrogen-bond donors (Lipinski definition) is 1. The van der Waals surface area contributed by atoms with Crippen molar-refractivity contribution in [1.82, 2.24) is 15.1 Å². The number of hydrogen-bond acceptors (Lipinski definition) is 5. The zero-order chi connectivity index (χ0) is 13.1. The van der Waals surface area contributed by atoms with E-state index >= 15 is 0 Å². The average molecular weight is 249 g/mol. The summed E-state index contributed by atoms with van der Waals surface area (Å²) >= 11 is 0. The van der Waals surface area contributed by atoms with E-state index in [2.05, 4.69) is 33.8 Å². The second-order valence-corrected chi connectivity index (χ2v) is 4.84. The number of nitrogens with two attached hydrogens (primary N) is 1. The van der Waals surface area contributed by atoms with Crippen molar-refractivity contribution in [3.05, 3.63) is 16.8 Å². The van der Waals surface area contributed by atoms with Gasteiger partial charge in [-0.2, -0.15) is 5.10 Å². The minimum absolute atomic E-state index is 0.533. The van der Waals surface area contributed by atoms with E-state index in [-0.39, 0.29) is 0 Å². The molecular formula is C13H23N5. The molecule has 1 saturated heterocycles. The molecule has 1 aromatic heterocycles. The average Bonchev–Trinajstić information content (AvgIpc) is 2.42. The number of rotatable bonds is 3. The highest BCUT2D eigenvalue weighted by atomic mass is 15.3. The van der Waals surface area contributed by atoms with Crippen LogP contribution in [0.2, 0.25) is 0 Å². The van der Waals surface area contributed by atoms with Gasteiger partial charge in [0, 0.05) is 38.3 Å². The second-order valence-electron chi connectivity index (χ2n) is 4.84. The summed E-state index contributed by atoms with van der Waals surface area (Å²) in [5, 5.41) is 8.60. The van der Waals surface area contributed by atoms with Crippen LogP contribution in [0.15, 0.2) is 0 Å². The maximum absolute atomic E-state index is 5.88. The van der Waals surface area contributed by atoms with Crippen molar-refractivity contribution in [2.75, 3.05) is 37.6 Å². The Morgan fingerprint density at radius 1 is 1.11 bits per heavy atom. The Morgan fingerprint density at radius 3 is 2.33 bits per heavy atom. The lowest BCUT2D eigenvalue weighted by molar-refractivity contribution is 0.270. The molecule has 0 amide bonds. The van der Waals surface area contributed by atoms with Crippen molar-refractivity contribution in [3.8, 4) is 0 Å². The van der Waals surface area contributed by atoms with Crippen LogP contribution in [0.25, 0.3) is 0 Å².